The molecule has 1 aromatic rings. The van der Waals surface area contributed by atoms with Gasteiger partial charge in [0.2, 0.25) is 0 Å². The minimum absolute atomic E-state index is 0.0622. The summed E-state index contributed by atoms with van der Waals surface area (Å²) in [5.41, 5.74) is 0.322. The van der Waals surface area contributed by atoms with Crippen molar-refractivity contribution in [3.8, 4) is 5.75 Å². The average molecular weight is 348 g/mol. The van der Waals surface area contributed by atoms with E-state index in [1.165, 1.54) is 0 Å². The first-order chi connectivity index (χ1) is 11.6. The number of hydrogen-bond acceptors (Lipinski definition) is 3. The number of ether oxygens (including phenoxy) is 1. The lowest BCUT2D eigenvalue weighted by atomic mass is 9.53. The summed E-state index contributed by atoms with van der Waals surface area (Å²) < 4.78 is 5.62. The third-order valence-corrected chi connectivity index (χ3v) is 5.07. The normalized spacial score (nSPS) is 22.6. The summed E-state index contributed by atoms with van der Waals surface area (Å²) in [6.07, 6.45) is 0.647. The van der Waals surface area contributed by atoms with Crippen LogP contribution >= 0.6 is 0 Å². The molecule has 0 spiro atoms. The lowest BCUT2D eigenvalue weighted by molar-refractivity contribution is -0.160. The molecule has 6 heteroatoms. The minimum atomic E-state index is -0.764. The quantitative estimate of drug-likeness (QED) is 0.731. The zero-order valence-electron chi connectivity index (χ0n) is 15.5. The number of hydrogen-bond donors (Lipinski definition) is 3. The van der Waals surface area contributed by atoms with Crippen molar-refractivity contribution in [2.45, 2.75) is 53.2 Å². The fourth-order valence-corrected chi connectivity index (χ4v) is 3.62. The van der Waals surface area contributed by atoms with Crippen molar-refractivity contribution in [1.82, 2.24) is 5.32 Å². The molecule has 1 aliphatic carbocycles. The van der Waals surface area contributed by atoms with E-state index in [0.717, 1.165) is 0 Å². The Bertz CT molecular complexity index is 642. The second kappa shape index (κ2) is 7.33. The molecular formula is C19H28N2O4. The fraction of sp³-hybridized carbons (Fsp3) is 0.579. The van der Waals surface area contributed by atoms with Gasteiger partial charge < -0.3 is 20.5 Å². The molecular weight excluding hydrogens is 320 g/mol. The van der Waals surface area contributed by atoms with Crippen LogP contribution in [-0.2, 0) is 4.79 Å². The number of urea groups is 1. The van der Waals surface area contributed by atoms with Gasteiger partial charge in [0.1, 0.15) is 5.75 Å². The predicted molar refractivity (Wildman–Crippen MR) is 96.8 cm³/mol. The molecule has 1 fully saturated rings. The number of benzene rings is 1. The summed E-state index contributed by atoms with van der Waals surface area (Å²) in [5.74, 6) is -0.283. The Labute approximate surface area is 149 Å². The first-order valence-corrected chi connectivity index (χ1v) is 8.68. The summed E-state index contributed by atoms with van der Waals surface area (Å²) in [4.78, 5) is 23.5. The summed E-state index contributed by atoms with van der Waals surface area (Å²) >= 11 is 0. The molecule has 0 aromatic heterocycles. The SMILES string of the molecule is CC(C)Oc1cccc(NC(=O)NC(C)[C@@H]2C[C@H](C(=O)O)C2(C)C)c1. The molecule has 1 aliphatic rings. The van der Waals surface area contributed by atoms with Crippen LogP contribution in [0.15, 0.2) is 24.3 Å². The van der Waals surface area contributed by atoms with Gasteiger partial charge in [-0.15, -0.1) is 0 Å². The highest BCUT2D eigenvalue weighted by Crippen LogP contribution is 2.52. The molecule has 0 heterocycles. The molecule has 1 unspecified atom stereocenters. The van der Waals surface area contributed by atoms with E-state index < -0.39 is 5.97 Å². The molecule has 1 aromatic carbocycles. The highest BCUT2D eigenvalue weighted by molar-refractivity contribution is 5.89. The van der Waals surface area contributed by atoms with Crippen LogP contribution < -0.4 is 15.4 Å². The number of carbonyl (C=O) groups excluding carboxylic acids is 1. The van der Waals surface area contributed by atoms with Gasteiger partial charge in [-0.25, -0.2) is 4.79 Å². The molecule has 2 rings (SSSR count). The van der Waals surface area contributed by atoms with E-state index in [0.29, 0.717) is 17.9 Å². The number of anilines is 1. The Morgan fingerprint density at radius 2 is 1.96 bits per heavy atom. The molecule has 0 radical (unpaired) electrons. The zero-order valence-corrected chi connectivity index (χ0v) is 15.5. The van der Waals surface area contributed by atoms with Crippen molar-refractivity contribution >= 4 is 17.7 Å². The topological polar surface area (TPSA) is 87.7 Å². The highest BCUT2D eigenvalue weighted by Gasteiger charge is 2.53. The maximum Gasteiger partial charge on any atom is 0.319 e. The van der Waals surface area contributed by atoms with E-state index >= 15 is 0 Å². The average Bonchev–Trinajstić information content (AvgIpc) is 2.44. The van der Waals surface area contributed by atoms with Crippen molar-refractivity contribution in [2.24, 2.45) is 17.3 Å². The number of carbonyl (C=O) groups is 2. The van der Waals surface area contributed by atoms with Crippen LogP contribution in [0, 0.1) is 17.3 Å². The first-order valence-electron chi connectivity index (χ1n) is 8.68. The fourth-order valence-electron chi connectivity index (χ4n) is 3.62. The Morgan fingerprint density at radius 3 is 2.52 bits per heavy atom. The minimum Gasteiger partial charge on any atom is -0.491 e. The third-order valence-electron chi connectivity index (χ3n) is 5.07. The van der Waals surface area contributed by atoms with Crippen molar-refractivity contribution in [3.63, 3.8) is 0 Å². The lowest BCUT2D eigenvalue weighted by Gasteiger charge is -2.52. The zero-order chi connectivity index (χ0) is 18.8. The van der Waals surface area contributed by atoms with Gasteiger partial charge in [-0.1, -0.05) is 19.9 Å². The second-order valence-electron chi connectivity index (χ2n) is 7.64. The molecule has 0 bridgehead atoms. The van der Waals surface area contributed by atoms with Gasteiger partial charge in [0.05, 0.1) is 12.0 Å². The van der Waals surface area contributed by atoms with Gasteiger partial charge in [-0.2, -0.15) is 0 Å². The maximum atomic E-state index is 12.2. The monoisotopic (exact) mass is 348 g/mol. The van der Waals surface area contributed by atoms with Gasteiger partial charge in [-0.05, 0) is 50.7 Å². The largest absolute Gasteiger partial charge is 0.491 e. The van der Waals surface area contributed by atoms with Crippen molar-refractivity contribution in [2.75, 3.05) is 5.32 Å². The predicted octanol–water partition coefficient (Wildman–Crippen LogP) is 3.73. The van der Waals surface area contributed by atoms with Gasteiger partial charge >= 0.3 is 12.0 Å². The first kappa shape index (κ1) is 19.1. The van der Waals surface area contributed by atoms with Crippen LogP contribution in [0.2, 0.25) is 0 Å². The Morgan fingerprint density at radius 1 is 1.28 bits per heavy atom. The molecule has 1 saturated carbocycles. The summed E-state index contributed by atoms with van der Waals surface area (Å²) in [6.45, 7) is 9.70. The molecule has 2 amide bonds. The Kier molecular flexibility index (Phi) is 5.60. The molecule has 3 atom stereocenters. The smallest absolute Gasteiger partial charge is 0.319 e. The summed E-state index contributed by atoms with van der Waals surface area (Å²) in [6, 6.07) is 6.82. The molecule has 3 N–H and O–H groups in total. The second-order valence-corrected chi connectivity index (χ2v) is 7.64. The van der Waals surface area contributed by atoms with Crippen molar-refractivity contribution in [3.05, 3.63) is 24.3 Å². The number of aliphatic carboxylic acids is 1. The number of rotatable bonds is 6. The van der Waals surface area contributed by atoms with E-state index in [2.05, 4.69) is 10.6 Å². The Balaban J connectivity index is 1.91. The van der Waals surface area contributed by atoms with Crippen LogP contribution in [0.1, 0.15) is 41.0 Å². The van der Waals surface area contributed by atoms with Crippen LogP contribution in [0.3, 0.4) is 0 Å². The van der Waals surface area contributed by atoms with Crippen LogP contribution in [-0.4, -0.2) is 29.3 Å². The molecule has 25 heavy (non-hydrogen) atoms. The number of nitrogens with one attached hydrogen (secondary N) is 2. The van der Waals surface area contributed by atoms with Crippen LogP contribution in [0.5, 0.6) is 5.75 Å². The standard InChI is InChI=1S/C19H28N2O4/c1-11(2)25-14-8-6-7-13(9-14)21-18(24)20-12(3)15-10-16(17(22)23)19(15,4)5/h6-9,11-12,15-16H,10H2,1-5H3,(H,22,23)(H2,20,21,24)/t12?,15-,16+/m0/s1. The molecule has 0 aliphatic heterocycles. The third kappa shape index (κ3) is 4.44. The number of amides is 2. The van der Waals surface area contributed by atoms with E-state index in [1.54, 1.807) is 12.1 Å². The number of carboxylic acid groups (broad SMARTS) is 1. The van der Waals surface area contributed by atoms with E-state index in [-0.39, 0.29) is 35.4 Å². The van der Waals surface area contributed by atoms with Gasteiger partial charge in [0.25, 0.3) is 0 Å². The molecule has 138 valence electrons. The van der Waals surface area contributed by atoms with Crippen molar-refractivity contribution in [1.29, 1.82) is 0 Å². The molecule has 6 nitrogen and oxygen atoms in total. The van der Waals surface area contributed by atoms with E-state index in [4.69, 9.17) is 4.74 Å². The van der Waals surface area contributed by atoms with Gasteiger partial charge in [0, 0.05) is 17.8 Å². The lowest BCUT2D eigenvalue weighted by Crippen LogP contribution is -2.57. The summed E-state index contributed by atoms with van der Waals surface area (Å²) in [5, 5.41) is 14.9. The summed E-state index contributed by atoms with van der Waals surface area (Å²) in [7, 11) is 0. The maximum absolute atomic E-state index is 12.2. The number of carboxylic acids is 1. The highest BCUT2D eigenvalue weighted by atomic mass is 16.5. The van der Waals surface area contributed by atoms with Gasteiger partial charge in [0.15, 0.2) is 0 Å². The molecule has 0 saturated heterocycles. The van der Waals surface area contributed by atoms with E-state index in [1.807, 2.05) is 46.8 Å². The van der Waals surface area contributed by atoms with Crippen molar-refractivity contribution < 1.29 is 19.4 Å². The van der Waals surface area contributed by atoms with Crippen LogP contribution in [0.25, 0.3) is 0 Å². The van der Waals surface area contributed by atoms with Gasteiger partial charge in [-0.3, -0.25) is 4.79 Å². The van der Waals surface area contributed by atoms with Crippen LogP contribution in [0.4, 0.5) is 10.5 Å². The Hall–Kier alpha value is -2.24. The van der Waals surface area contributed by atoms with E-state index in [9.17, 15) is 14.7 Å².